The molecule has 2 aromatic heterocycles. The number of fused-ring (bicyclic) bond motifs is 1. The van der Waals surface area contributed by atoms with E-state index in [9.17, 15) is 19.3 Å². The number of carbonyl (C=O) groups is 1. The molecule has 0 spiro atoms. The van der Waals surface area contributed by atoms with E-state index in [2.05, 4.69) is 20.3 Å². The van der Waals surface area contributed by atoms with Crippen molar-refractivity contribution in [1.29, 1.82) is 0 Å². The molecule has 4 atom stereocenters. The van der Waals surface area contributed by atoms with Crippen molar-refractivity contribution >= 4 is 31.3 Å². The first kappa shape index (κ1) is 19.5. The summed E-state index contributed by atoms with van der Waals surface area (Å²) in [5, 5.41) is 11.8. The summed E-state index contributed by atoms with van der Waals surface area (Å²) in [5.41, 5.74) is -0.468. The van der Waals surface area contributed by atoms with Gasteiger partial charge in [0.15, 0.2) is 23.5 Å². The van der Waals surface area contributed by atoms with Gasteiger partial charge in [-0.25, -0.2) is 4.98 Å². The third-order valence-corrected chi connectivity index (χ3v) is 4.50. The van der Waals surface area contributed by atoms with Crippen molar-refractivity contribution in [2.24, 2.45) is 5.92 Å². The number of imidazole rings is 1. The molecular formula is C14H19N5O7P+. The number of carbonyl (C=O) groups excluding carboxylic acids is 1. The van der Waals surface area contributed by atoms with Crippen LogP contribution in [0, 0.1) is 5.92 Å². The zero-order chi connectivity index (χ0) is 19.7. The molecule has 12 nitrogen and oxygen atoms in total. The SMILES string of the molecule is CC(C)C(=O)Nc1nc2c(ncn2[C@@H]2OC(CO)C[C@H]2O[P+](=O)O)c(=O)[nH]1. The first-order chi connectivity index (χ1) is 12.8. The first-order valence-electron chi connectivity index (χ1n) is 8.17. The smallest absolute Gasteiger partial charge is 0.394 e. The van der Waals surface area contributed by atoms with Crippen molar-refractivity contribution < 1.29 is 28.6 Å². The number of aliphatic hydroxyl groups excluding tert-OH is 1. The molecule has 1 aliphatic rings. The van der Waals surface area contributed by atoms with Crippen molar-refractivity contribution in [2.45, 2.75) is 38.7 Å². The Labute approximate surface area is 153 Å². The van der Waals surface area contributed by atoms with E-state index in [0.29, 0.717) is 0 Å². The van der Waals surface area contributed by atoms with E-state index in [1.807, 2.05) is 0 Å². The lowest BCUT2D eigenvalue weighted by atomic mass is 10.2. The summed E-state index contributed by atoms with van der Waals surface area (Å²) in [6.45, 7) is 3.07. The van der Waals surface area contributed by atoms with Crippen LogP contribution in [0.3, 0.4) is 0 Å². The molecule has 0 aliphatic carbocycles. The highest BCUT2D eigenvalue weighted by atomic mass is 31.1. The van der Waals surface area contributed by atoms with Crippen LogP contribution >= 0.6 is 8.25 Å². The largest absolute Gasteiger partial charge is 0.695 e. The van der Waals surface area contributed by atoms with E-state index in [-0.39, 0.29) is 42.0 Å². The highest BCUT2D eigenvalue weighted by Gasteiger charge is 2.43. The highest BCUT2D eigenvalue weighted by molar-refractivity contribution is 7.32. The summed E-state index contributed by atoms with van der Waals surface area (Å²) in [4.78, 5) is 43.8. The summed E-state index contributed by atoms with van der Waals surface area (Å²) < 4.78 is 23.1. The van der Waals surface area contributed by atoms with Crippen LogP contribution in [0.25, 0.3) is 11.2 Å². The predicted molar refractivity (Wildman–Crippen MR) is 91.9 cm³/mol. The maximum Gasteiger partial charge on any atom is 0.695 e. The average molecular weight is 400 g/mol. The minimum absolute atomic E-state index is 0.000676. The minimum atomic E-state index is -2.90. The topological polar surface area (TPSA) is 169 Å². The monoisotopic (exact) mass is 400 g/mol. The number of hydrogen-bond donors (Lipinski definition) is 4. The molecule has 0 saturated carbocycles. The fourth-order valence-corrected chi connectivity index (χ4v) is 3.14. The summed E-state index contributed by atoms with van der Waals surface area (Å²) in [5.74, 6) is -0.715. The number of H-pyrrole nitrogens is 1. The number of aromatic nitrogens is 4. The second kappa shape index (κ2) is 7.79. The number of amides is 1. The number of aromatic amines is 1. The van der Waals surface area contributed by atoms with E-state index in [0.717, 1.165) is 0 Å². The molecule has 1 fully saturated rings. The zero-order valence-corrected chi connectivity index (χ0v) is 15.4. The summed E-state index contributed by atoms with van der Waals surface area (Å²) in [6.07, 6.45) is -0.951. The maximum absolute atomic E-state index is 12.2. The number of aliphatic hydroxyl groups is 1. The van der Waals surface area contributed by atoms with Crippen LogP contribution < -0.4 is 10.9 Å². The van der Waals surface area contributed by atoms with Gasteiger partial charge in [-0.1, -0.05) is 13.8 Å². The van der Waals surface area contributed by atoms with Crippen LogP contribution in [-0.2, 0) is 18.6 Å². The van der Waals surface area contributed by atoms with Crippen LogP contribution in [-0.4, -0.2) is 54.2 Å². The van der Waals surface area contributed by atoms with E-state index in [1.54, 1.807) is 13.8 Å². The molecule has 13 heteroatoms. The van der Waals surface area contributed by atoms with Gasteiger partial charge in [0.1, 0.15) is 0 Å². The molecule has 4 N–H and O–H groups in total. The van der Waals surface area contributed by atoms with Crippen LogP contribution in [0.15, 0.2) is 11.1 Å². The Morgan fingerprint density at radius 3 is 2.96 bits per heavy atom. The van der Waals surface area contributed by atoms with Crippen LogP contribution in [0.5, 0.6) is 0 Å². The van der Waals surface area contributed by atoms with Gasteiger partial charge in [0.2, 0.25) is 11.9 Å². The first-order valence-corrected chi connectivity index (χ1v) is 9.30. The second-order valence-electron chi connectivity index (χ2n) is 6.33. The lowest BCUT2D eigenvalue weighted by Gasteiger charge is -2.16. The van der Waals surface area contributed by atoms with E-state index < -0.39 is 32.2 Å². The van der Waals surface area contributed by atoms with Crippen LogP contribution in [0.4, 0.5) is 5.95 Å². The Morgan fingerprint density at radius 2 is 2.33 bits per heavy atom. The van der Waals surface area contributed by atoms with Crippen LogP contribution in [0.1, 0.15) is 26.5 Å². The maximum atomic E-state index is 12.2. The molecule has 0 aromatic carbocycles. The molecule has 0 bridgehead atoms. The van der Waals surface area contributed by atoms with Crippen molar-refractivity contribution in [3.63, 3.8) is 0 Å². The number of nitrogens with zero attached hydrogens (tertiary/aromatic N) is 3. The summed E-state index contributed by atoms with van der Waals surface area (Å²) in [7, 11) is -2.90. The molecule has 3 rings (SSSR count). The Morgan fingerprint density at radius 1 is 1.59 bits per heavy atom. The van der Waals surface area contributed by atoms with Crippen molar-refractivity contribution in [2.75, 3.05) is 11.9 Å². The summed E-state index contributed by atoms with van der Waals surface area (Å²) in [6, 6.07) is 0. The van der Waals surface area contributed by atoms with Gasteiger partial charge in [-0.05, 0) is 0 Å². The number of ether oxygens (including phenoxy) is 1. The molecule has 1 saturated heterocycles. The molecule has 2 unspecified atom stereocenters. The van der Waals surface area contributed by atoms with E-state index >= 15 is 0 Å². The van der Waals surface area contributed by atoms with Gasteiger partial charge in [0.05, 0.1) is 19.0 Å². The summed E-state index contributed by atoms with van der Waals surface area (Å²) >= 11 is 0. The molecule has 1 aliphatic heterocycles. The fraction of sp³-hybridized carbons (Fsp3) is 0.571. The molecule has 3 heterocycles. The zero-order valence-electron chi connectivity index (χ0n) is 14.5. The van der Waals surface area contributed by atoms with Gasteiger partial charge in [-0.2, -0.15) is 4.98 Å². The van der Waals surface area contributed by atoms with Crippen molar-refractivity contribution in [3.8, 4) is 0 Å². The Kier molecular flexibility index (Phi) is 5.63. The molecule has 1 amide bonds. The quantitative estimate of drug-likeness (QED) is 0.489. The van der Waals surface area contributed by atoms with E-state index in [1.165, 1.54) is 10.9 Å². The standard InChI is InChI=1S/C14H18N5O7P/c1-6(2)11(21)17-14-16-10-9(12(22)18-14)15-5-19(10)13-8(26-27(23)24)3-7(4-20)25-13/h5-8,13,20H,3-4H2,1-2H3,(H2-,16,17,18,21,22,23,24)/p+1/t7?,8-,13-/m1/s1. The van der Waals surface area contributed by atoms with Crippen molar-refractivity contribution in [1.82, 2.24) is 19.5 Å². The van der Waals surface area contributed by atoms with Crippen LogP contribution in [0.2, 0.25) is 0 Å². The van der Waals surface area contributed by atoms with Gasteiger partial charge < -0.3 is 9.84 Å². The molecule has 27 heavy (non-hydrogen) atoms. The molecule has 2 aromatic rings. The Hall–Kier alpha value is -2.24. The number of anilines is 1. The Bertz CT molecular complexity index is 926. The van der Waals surface area contributed by atoms with Gasteiger partial charge in [0, 0.05) is 16.9 Å². The molecular weight excluding hydrogens is 381 g/mol. The van der Waals surface area contributed by atoms with Gasteiger partial charge in [-0.15, -0.1) is 9.42 Å². The lowest BCUT2D eigenvalue weighted by molar-refractivity contribution is -0.118. The third-order valence-electron chi connectivity index (χ3n) is 4.05. The van der Waals surface area contributed by atoms with Crippen molar-refractivity contribution in [3.05, 3.63) is 16.7 Å². The fourth-order valence-electron chi connectivity index (χ4n) is 2.72. The number of nitrogens with one attached hydrogen (secondary N) is 2. The lowest BCUT2D eigenvalue weighted by Crippen LogP contribution is -2.24. The third kappa shape index (κ3) is 4.04. The second-order valence-corrected chi connectivity index (χ2v) is 7.02. The van der Waals surface area contributed by atoms with E-state index in [4.69, 9.17) is 14.2 Å². The van der Waals surface area contributed by atoms with Gasteiger partial charge in [0.25, 0.3) is 5.56 Å². The van der Waals surface area contributed by atoms with Gasteiger partial charge >= 0.3 is 8.25 Å². The predicted octanol–water partition coefficient (Wildman–Crippen LogP) is 0.0288. The minimum Gasteiger partial charge on any atom is -0.394 e. The number of rotatable bonds is 6. The molecule has 146 valence electrons. The molecule has 0 radical (unpaired) electrons. The normalized spacial score (nSPS) is 23.1. The Balaban J connectivity index is 2.01. The average Bonchev–Trinajstić information content (AvgIpc) is 3.18. The number of hydrogen-bond acceptors (Lipinski definition) is 8. The highest BCUT2D eigenvalue weighted by Crippen LogP contribution is 2.37. The van der Waals surface area contributed by atoms with Gasteiger partial charge in [-0.3, -0.25) is 24.5 Å².